The number of hydrogen-bond donors (Lipinski definition) is 1. The second kappa shape index (κ2) is 8.17. The van der Waals surface area contributed by atoms with Gasteiger partial charge in [0.25, 0.3) is 0 Å². The van der Waals surface area contributed by atoms with Crippen molar-refractivity contribution in [3.63, 3.8) is 0 Å². The molecular formula is C18H16BrN5O4S. The minimum Gasteiger partial charge on any atom is -0.352 e. The molecule has 0 aliphatic carbocycles. The van der Waals surface area contributed by atoms with Gasteiger partial charge in [-0.15, -0.1) is 0 Å². The van der Waals surface area contributed by atoms with E-state index < -0.39 is 10.3 Å². The summed E-state index contributed by atoms with van der Waals surface area (Å²) in [4.78, 5) is 13.0. The van der Waals surface area contributed by atoms with Crippen LogP contribution in [0.1, 0.15) is 30.3 Å². The minimum absolute atomic E-state index is 0.125. The summed E-state index contributed by atoms with van der Waals surface area (Å²) in [5.74, 6) is 6.12. The lowest BCUT2D eigenvalue weighted by Gasteiger charge is -2.14. The van der Waals surface area contributed by atoms with E-state index >= 15 is 0 Å². The van der Waals surface area contributed by atoms with Crippen LogP contribution in [-0.2, 0) is 19.2 Å². The van der Waals surface area contributed by atoms with E-state index in [1.165, 1.54) is 6.33 Å². The van der Waals surface area contributed by atoms with E-state index in [0.29, 0.717) is 29.7 Å². The van der Waals surface area contributed by atoms with Gasteiger partial charge in [-0.05, 0) is 37.0 Å². The zero-order chi connectivity index (χ0) is 20.4. The molecule has 1 fully saturated rings. The fourth-order valence-corrected chi connectivity index (χ4v) is 3.78. The predicted octanol–water partition coefficient (Wildman–Crippen LogP) is 1.89. The number of hydrogen-bond acceptors (Lipinski definition) is 7. The third-order valence-electron chi connectivity index (χ3n) is 4.32. The van der Waals surface area contributed by atoms with Gasteiger partial charge in [-0.25, -0.2) is 20.1 Å². The number of imidazole rings is 1. The van der Waals surface area contributed by atoms with Crippen LogP contribution in [0.25, 0.3) is 11.2 Å². The highest BCUT2D eigenvalue weighted by Crippen LogP contribution is 2.30. The summed E-state index contributed by atoms with van der Waals surface area (Å²) in [6, 6.07) is 7.66. The van der Waals surface area contributed by atoms with Gasteiger partial charge in [0.2, 0.25) is 0 Å². The van der Waals surface area contributed by atoms with Crippen LogP contribution in [0.15, 0.2) is 41.4 Å². The second-order valence-electron chi connectivity index (χ2n) is 6.37. The standard InChI is InChI=1S/C18H16BrN5O4S/c19-13-3-1-2-12(8-13)4-6-15-17-18(22-10-21-15)24(11-23-17)16-7-5-14(28-16)9-27-29(20,25)26/h1-3,8,10-11,14,16H,5,7,9H2,(H2,20,25,26)/t14-,16+/m0/s1. The van der Waals surface area contributed by atoms with Crippen molar-refractivity contribution in [2.24, 2.45) is 5.14 Å². The summed E-state index contributed by atoms with van der Waals surface area (Å²) in [5, 5.41) is 4.86. The number of rotatable bonds is 4. The number of halogens is 1. The van der Waals surface area contributed by atoms with Crippen LogP contribution in [0.3, 0.4) is 0 Å². The molecule has 1 aromatic carbocycles. The molecule has 1 saturated heterocycles. The molecular weight excluding hydrogens is 462 g/mol. The lowest BCUT2D eigenvalue weighted by Crippen LogP contribution is -2.23. The Morgan fingerprint density at radius 1 is 1.28 bits per heavy atom. The van der Waals surface area contributed by atoms with Crippen molar-refractivity contribution in [3.05, 3.63) is 52.7 Å². The van der Waals surface area contributed by atoms with Gasteiger partial charge >= 0.3 is 10.3 Å². The average Bonchev–Trinajstić information content (AvgIpc) is 3.31. The topological polar surface area (TPSA) is 122 Å². The van der Waals surface area contributed by atoms with Gasteiger partial charge in [0, 0.05) is 10.0 Å². The van der Waals surface area contributed by atoms with E-state index in [-0.39, 0.29) is 18.9 Å². The van der Waals surface area contributed by atoms with Gasteiger partial charge in [0.15, 0.2) is 5.65 Å². The average molecular weight is 478 g/mol. The highest BCUT2D eigenvalue weighted by Gasteiger charge is 2.29. The Morgan fingerprint density at radius 2 is 2.14 bits per heavy atom. The van der Waals surface area contributed by atoms with Crippen molar-refractivity contribution in [2.75, 3.05) is 6.61 Å². The molecule has 0 saturated carbocycles. The zero-order valence-electron chi connectivity index (χ0n) is 15.0. The van der Waals surface area contributed by atoms with E-state index in [9.17, 15) is 8.42 Å². The summed E-state index contributed by atoms with van der Waals surface area (Å²) in [7, 11) is -3.99. The summed E-state index contributed by atoms with van der Waals surface area (Å²) in [5.41, 5.74) is 2.53. The molecule has 3 aromatic rings. The Morgan fingerprint density at radius 3 is 2.93 bits per heavy atom. The van der Waals surface area contributed by atoms with Crippen LogP contribution < -0.4 is 5.14 Å². The molecule has 11 heteroatoms. The van der Waals surface area contributed by atoms with Gasteiger partial charge < -0.3 is 4.74 Å². The molecule has 2 atom stereocenters. The Labute approximate surface area is 175 Å². The summed E-state index contributed by atoms with van der Waals surface area (Å²) in [6.45, 7) is -0.125. The van der Waals surface area contributed by atoms with Gasteiger partial charge in [0.1, 0.15) is 23.8 Å². The van der Waals surface area contributed by atoms with Gasteiger partial charge in [-0.2, -0.15) is 8.42 Å². The van der Waals surface area contributed by atoms with E-state index in [1.54, 1.807) is 10.9 Å². The van der Waals surface area contributed by atoms with Crippen LogP contribution in [0.5, 0.6) is 0 Å². The van der Waals surface area contributed by atoms with E-state index in [1.807, 2.05) is 24.3 Å². The van der Waals surface area contributed by atoms with Gasteiger partial charge in [-0.1, -0.05) is 27.9 Å². The van der Waals surface area contributed by atoms with Crippen molar-refractivity contribution in [2.45, 2.75) is 25.2 Å². The summed E-state index contributed by atoms with van der Waals surface area (Å²) >= 11 is 3.42. The monoisotopic (exact) mass is 477 g/mol. The van der Waals surface area contributed by atoms with Gasteiger partial charge in [-0.3, -0.25) is 8.75 Å². The Bertz CT molecular complexity index is 1220. The summed E-state index contributed by atoms with van der Waals surface area (Å²) in [6.07, 6.45) is 3.62. The lowest BCUT2D eigenvalue weighted by atomic mass is 10.2. The maximum atomic E-state index is 10.9. The van der Waals surface area contributed by atoms with Crippen LogP contribution in [0, 0.1) is 11.8 Å². The molecule has 0 unspecified atom stereocenters. The van der Waals surface area contributed by atoms with Crippen LogP contribution in [0.2, 0.25) is 0 Å². The largest absolute Gasteiger partial charge is 0.352 e. The van der Waals surface area contributed by atoms with Crippen LogP contribution >= 0.6 is 15.9 Å². The molecule has 4 rings (SSSR count). The normalized spacial score (nSPS) is 19.2. The molecule has 0 bridgehead atoms. The first-order chi connectivity index (χ1) is 13.9. The molecule has 0 spiro atoms. The van der Waals surface area contributed by atoms with Crippen molar-refractivity contribution < 1.29 is 17.3 Å². The molecule has 1 aliphatic heterocycles. The quantitative estimate of drug-likeness (QED) is 0.569. The number of aromatic nitrogens is 4. The maximum Gasteiger partial charge on any atom is 0.333 e. The molecule has 150 valence electrons. The SMILES string of the molecule is NS(=O)(=O)OC[C@@H]1CC[C@H](n2cnc3c(C#Cc4cccc(Br)c4)ncnc32)O1. The van der Waals surface area contributed by atoms with Crippen LogP contribution in [0.4, 0.5) is 0 Å². The Balaban J connectivity index is 1.56. The number of benzene rings is 1. The zero-order valence-corrected chi connectivity index (χ0v) is 17.4. The van der Waals surface area contributed by atoms with Crippen molar-refractivity contribution in [1.29, 1.82) is 0 Å². The molecule has 1 aliphatic rings. The number of ether oxygens (including phenoxy) is 1. The fraction of sp³-hybridized carbons (Fsp3) is 0.278. The molecule has 3 heterocycles. The smallest absolute Gasteiger partial charge is 0.333 e. The Hall–Kier alpha value is -2.36. The first kappa shape index (κ1) is 19.9. The number of nitrogens with two attached hydrogens (primary N) is 1. The molecule has 0 amide bonds. The number of nitrogens with zero attached hydrogens (tertiary/aromatic N) is 4. The lowest BCUT2D eigenvalue weighted by molar-refractivity contribution is -0.0149. The van der Waals surface area contributed by atoms with Crippen molar-refractivity contribution >= 4 is 37.4 Å². The maximum absolute atomic E-state index is 10.9. The molecule has 2 N–H and O–H groups in total. The molecule has 29 heavy (non-hydrogen) atoms. The number of fused-ring (bicyclic) bond motifs is 1. The highest BCUT2D eigenvalue weighted by atomic mass is 79.9. The third kappa shape index (κ3) is 4.80. The highest BCUT2D eigenvalue weighted by molar-refractivity contribution is 9.10. The van der Waals surface area contributed by atoms with Crippen LogP contribution in [-0.4, -0.2) is 40.6 Å². The molecule has 0 radical (unpaired) electrons. The molecule has 9 nitrogen and oxygen atoms in total. The second-order valence-corrected chi connectivity index (χ2v) is 8.51. The Kier molecular flexibility index (Phi) is 5.62. The van der Waals surface area contributed by atoms with E-state index in [4.69, 9.17) is 9.88 Å². The fourth-order valence-electron chi connectivity index (χ4n) is 3.04. The first-order valence-electron chi connectivity index (χ1n) is 8.67. The predicted molar refractivity (Wildman–Crippen MR) is 108 cm³/mol. The van der Waals surface area contributed by atoms with Crippen molar-refractivity contribution in [1.82, 2.24) is 19.5 Å². The van der Waals surface area contributed by atoms with E-state index in [0.717, 1.165) is 10.0 Å². The minimum atomic E-state index is -3.99. The summed E-state index contributed by atoms with van der Waals surface area (Å²) < 4.78 is 35.1. The van der Waals surface area contributed by atoms with Gasteiger partial charge in [0.05, 0.1) is 19.0 Å². The first-order valence-corrected chi connectivity index (χ1v) is 10.9. The van der Waals surface area contributed by atoms with E-state index in [2.05, 4.69) is 46.9 Å². The molecule has 2 aromatic heterocycles. The van der Waals surface area contributed by atoms with Crippen molar-refractivity contribution in [3.8, 4) is 11.8 Å². The third-order valence-corrected chi connectivity index (χ3v) is 5.28.